The van der Waals surface area contributed by atoms with Gasteiger partial charge in [-0.15, -0.1) is 0 Å². The minimum Gasteiger partial charge on any atom is -0.508 e. The Morgan fingerprint density at radius 2 is 1.81 bits per heavy atom. The van der Waals surface area contributed by atoms with Crippen molar-refractivity contribution in [2.24, 2.45) is 0 Å². The Morgan fingerprint density at radius 1 is 1.19 bits per heavy atom. The van der Waals surface area contributed by atoms with Gasteiger partial charge in [-0.25, -0.2) is 8.42 Å². The van der Waals surface area contributed by atoms with Crippen LogP contribution in [0.5, 0.6) is 5.75 Å². The van der Waals surface area contributed by atoms with Crippen LogP contribution in [0.3, 0.4) is 0 Å². The summed E-state index contributed by atoms with van der Waals surface area (Å²) in [5, 5.41) is 21.6. The van der Waals surface area contributed by atoms with Crippen molar-refractivity contribution < 1.29 is 18.6 Å². The van der Waals surface area contributed by atoms with E-state index in [9.17, 15) is 13.5 Å². The molecule has 1 aromatic carbocycles. The fourth-order valence-electron chi connectivity index (χ4n) is 1.74. The highest BCUT2D eigenvalue weighted by molar-refractivity contribution is 7.91. The van der Waals surface area contributed by atoms with Crippen LogP contribution >= 0.6 is 0 Å². The first kappa shape index (κ1) is 11.2. The van der Waals surface area contributed by atoms with Gasteiger partial charge in [-0.2, -0.15) is 0 Å². The van der Waals surface area contributed by atoms with Crippen LogP contribution in [0.1, 0.15) is 0 Å². The van der Waals surface area contributed by atoms with Crippen molar-refractivity contribution in [1.82, 2.24) is 0 Å². The number of aliphatic hydroxyl groups is 1. The second-order valence-electron chi connectivity index (χ2n) is 3.94. The fourth-order valence-corrected chi connectivity index (χ4v) is 3.48. The van der Waals surface area contributed by atoms with Crippen molar-refractivity contribution in [3.63, 3.8) is 0 Å². The molecule has 0 aliphatic carbocycles. The zero-order valence-corrected chi connectivity index (χ0v) is 9.31. The number of phenolic OH excluding ortho intramolecular Hbond substituents is 1. The molecular weight excluding hydrogens is 230 g/mol. The van der Waals surface area contributed by atoms with Gasteiger partial charge in [0.2, 0.25) is 0 Å². The zero-order chi connectivity index (χ0) is 11.8. The van der Waals surface area contributed by atoms with Crippen LogP contribution in [0, 0.1) is 0 Å². The Bertz CT molecular complexity index is 468. The van der Waals surface area contributed by atoms with Crippen LogP contribution in [-0.2, 0) is 9.84 Å². The molecule has 0 spiro atoms. The molecule has 2 rings (SSSR count). The van der Waals surface area contributed by atoms with Crippen LogP contribution in [0.2, 0.25) is 0 Å². The Hall–Kier alpha value is -1.27. The van der Waals surface area contributed by atoms with Gasteiger partial charge < -0.3 is 15.5 Å². The molecule has 1 aromatic rings. The van der Waals surface area contributed by atoms with Gasteiger partial charge in [0.1, 0.15) is 5.75 Å². The van der Waals surface area contributed by atoms with Crippen LogP contribution in [0.4, 0.5) is 5.69 Å². The normalized spacial score (nSPS) is 27.8. The highest BCUT2D eigenvalue weighted by Gasteiger charge is 2.36. The first-order valence-electron chi connectivity index (χ1n) is 4.90. The summed E-state index contributed by atoms with van der Waals surface area (Å²) >= 11 is 0. The van der Waals surface area contributed by atoms with E-state index in [1.807, 2.05) is 0 Å². The summed E-state index contributed by atoms with van der Waals surface area (Å²) in [6, 6.07) is 5.78. The van der Waals surface area contributed by atoms with Gasteiger partial charge in [0.15, 0.2) is 9.84 Å². The maximum atomic E-state index is 11.3. The van der Waals surface area contributed by atoms with Gasteiger partial charge in [0.25, 0.3) is 0 Å². The molecule has 0 bridgehead atoms. The molecule has 6 heteroatoms. The van der Waals surface area contributed by atoms with Gasteiger partial charge in [-0.3, -0.25) is 0 Å². The number of hydrogen-bond donors (Lipinski definition) is 3. The number of aromatic hydroxyl groups is 1. The Kier molecular flexibility index (Phi) is 2.77. The number of anilines is 1. The third-order valence-electron chi connectivity index (χ3n) is 2.54. The highest BCUT2D eigenvalue weighted by atomic mass is 32.2. The lowest BCUT2D eigenvalue weighted by Crippen LogP contribution is -2.31. The lowest BCUT2D eigenvalue weighted by molar-refractivity contribution is 0.190. The topological polar surface area (TPSA) is 86.6 Å². The van der Waals surface area contributed by atoms with E-state index in [1.54, 1.807) is 12.1 Å². The summed E-state index contributed by atoms with van der Waals surface area (Å²) in [5.74, 6) is -0.109. The van der Waals surface area contributed by atoms with Crippen LogP contribution < -0.4 is 5.32 Å². The maximum absolute atomic E-state index is 11.3. The van der Waals surface area contributed by atoms with Crippen LogP contribution in [0.15, 0.2) is 24.3 Å². The molecule has 88 valence electrons. The quantitative estimate of drug-likeness (QED) is 0.635. The van der Waals surface area contributed by atoms with E-state index in [0.717, 1.165) is 0 Å². The summed E-state index contributed by atoms with van der Waals surface area (Å²) in [7, 11) is -3.13. The average Bonchev–Trinajstić information content (AvgIpc) is 2.44. The van der Waals surface area contributed by atoms with E-state index in [1.165, 1.54) is 12.1 Å². The SMILES string of the molecule is O=S1(=O)CC(O)C(Nc2ccc(O)cc2)C1. The van der Waals surface area contributed by atoms with Crippen molar-refractivity contribution in [3.8, 4) is 5.75 Å². The first-order valence-corrected chi connectivity index (χ1v) is 6.72. The molecule has 1 aliphatic heterocycles. The van der Waals surface area contributed by atoms with Gasteiger partial charge in [-0.1, -0.05) is 0 Å². The van der Waals surface area contributed by atoms with Gasteiger partial charge >= 0.3 is 0 Å². The standard InChI is InChI=1S/C10H13NO4S/c12-8-3-1-7(2-4-8)11-9-5-16(14,15)6-10(9)13/h1-4,9-13H,5-6H2. The van der Waals surface area contributed by atoms with Gasteiger partial charge in [0.05, 0.1) is 23.7 Å². The predicted molar refractivity (Wildman–Crippen MR) is 60.2 cm³/mol. The fraction of sp³-hybridized carbons (Fsp3) is 0.400. The maximum Gasteiger partial charge on any atom is 0.155 e. The molecule has 0 aromatic heterocycles. The van der Waals surface area contributed by atoms with Crippen molar-refractivity contribution >= 4 is 15.5 Å². The number of aliphatic hydroxyl groups excluding tert-OH is 1. The van der Waals surface area contributed by atoms with Gasteiger partial charge in [-0.05, 0) is 24.3 Å². The Balaban J connectivity index is 2.08. The lowest BCUT2D eigenvalue weighted by Gasteiger charge is -2.16. The first-order chi connectivity index (χ1) is 7.46. The number of phenols is 1. The molecule has 0 radical (unpaired) electrons. The smallest absolute Gasteiger partial charge is 0.155 e. The number of rotatable bonds is 2. The average molecular weight is 243 g/mol. The minimum absolute atomic E-state index is 0.0605. The molecule has 1 aliphatic rings. The summed E-state index contributed by atoms with van der Waals surface area (Å²) in [6.07, 6.45) is -0.876. The Labute approximate surface area is 93.6 Å². The molecule has 1 saturated heterocycles. The Morgan fingerprint density at radius 3 is 2.31 bits per heavy atom. The van der Waals surface area contributed by atoms with E-state index in [2.05, 4.69) is 5.32 Å². The number of sulfone groups is 1. The molecule has 0 saturated carbocycles. The van der Waals surface area contributed by atoms with E-state index >= 15 is 0 Å². The van der Waals surface area contributed by atoms with E-state index in [4.69, 9.17) is 5.11 Å². The monoisotopic (exact) mass is 243 g/mol. The molecular formula is C10H13NO4S. The number of nitrogens with one attached hydrogen (secondary N) is 1. The lowest BCUT2D eigenvalue weighted by atomic mass is 10.2. The third-order valence-corrected chi connectivity index (χ3v) is 4.26. The minimum atomic E-state index is -3.13. The van der Waals surface area contributed by atoms with E-state index in [0.29, 0.717) is 5.69 Å². The molecule has 16 heavy (non-hydrogen) atoms. The molecule has 2 unspecified atom stereocenters. The summed E-state index contributed by atoms with van der Waals surface area (Å²) < 4.78 is 22.5. The molecule has 1 heterocycles. The van der Waals surface area contributed by atoms with Crippen molar-refractivity contribution in [2.75, 3.05) is 16.8 Å². The molecule has 2 atom stereocenters. The van der Waals surface area contributed by atoms with Crippen LogP contribution in [-0.4, -0.2) is 42.3 Å². The third kappa shape index (κ3) is 2.45. The summed E-state index contributed by atoms with van der Waals surface area (Å²) in [6.45, 7) is 0. The molecule has 1 fully saturated rings. The van der Waals surface area contributed by atoms with Crippen molar-refractivity contribution in [2.45, 2.75) is 12.1 Å². The predicted octanol–water partition coefficient (Wildman–Crippen LogP) is -0.0380. The molecule has 5 nitrogen and oxygen atoms in total. The molecule has 0 amide bonds. The number of hydrogen-bond acceptors (Lipinski definition) is 5. The van der Waals surface area contributed by atoms with Crippen molar-refractivity contribution in [1.29, 1.82) is 0 Å². The van der Waals surface area contributed by atoms with Crippen molar-refractivity contribution in [3.05, 3.63) is 24.3 Å². The summed E-state index contributed by atoms with van der Waals surface area (Å²) in [5.41, 5.74) is 0.680. The second-order valence-corrected chi connectivity index (χ2v) is 6.10. The highest BCUT2D eigenvalue weighted by Crippen LogP contribution is 2.19. The summed E-state index contributed by atoms with van der Waals surface area (Å²) in [4.78, 5) is 0. The molecule has 3 N–H and O–H groups in total. The van der Waals surface area contributed by atoms with E-state index < -0.39 is 22.0 Å². The number of benzene rings is 1. The van der Waals surface area contributed by atoms with Crippen LogP contribution in [0.25, 0.3) is 0 Å². The second kappa shape index (κ2) is 3.95. The van der Waals surface area contributed by atoms with E-state index in [-0.39, 0.29) is 17.3 Å². The van der Waals surface area contributed by atoms with Gasteiger partial charge in [0, 0.05) is 5.69 Å². The largest absolute Gasteiger partial charge is 0.508 e. The zero-order valence-electron chi connectivity index (χ0n) is 8.50.